The molecule has 1 unspecified atom stereocenters. The molecule has 0 fully saturated rings. The van der Waals surface area contributed by atoms with Crippen LogP contribution in [0.2, 0.25) is 0 Å². The summed E-state index contributed by atoms with van der Waals surface area (Å²) in [6.07, 6.45) is 0.414. The molecule has 2 aromatic rings. The minimum atomic E-state index is -0.626. The molecule has 2 rings (SSSR count). The van der Waals surface area contributed by atoms with Gasteiger partial charge in [-0.3, -0.25) is 0 Å². The van der Waals surface area contributed by atoms with Crippen LogP contribution in [0.5, 0.6) is 0 Å². The van der Waals surface area contributed by atoms with Crippen LogP contribution >= 0.6 is 15.9 Å². The Hall–Kier alpha value is -1.33. The molecule has 0 aliphatic heterocycles. The zero-order valence-electron chi connectivity index (χ0n) is 10.8. The summed E-state index contributed by atoms with van der Waals surface area (Å²) in [6.45, 7) is 0. The van der Waals surface area contributed by atoms with E-state index in [1.165, 1.54) is 24.3 Å². The van der Waals surface area contributed by atoms with Gasteiger partial charge in [0.15, 0.2) is 0 Å². The number of benzene rings is 2. The van der Waals surface area contributed by atoms with Crippen molar-refractivity contribution in [2.75, 3.05) is 7.05 Å². The molecule has 0 aromatic heterocycles. The largest absolute Gasteiger partial charge is 0.313 e. The Morgan fingerprint density at radius 3 is 2.25 bits per heavy atom. The molecule has 0 aliphatic carbocycles. The van der Waals surface area contributed by atoms with Gasteiger partial charge in [-0.1, -0.05) is 15.9 Å². The first kappa shape index (κ1) is 15.1. The van der Waals surface area contributed by atoms with Crippen LogP contribution in [-0.4, -0.2) is 7.05 Å². The molecular weight excluding hydrogens is 331 g/mol. The van der Waals surface area contributed by atoms with E-state index in [1.54, 1.807) is 13.1 Å². The maximum Gasteiger partial charge on any atom is 0.126 e. The van der Waals surface area contributed by atoms with E-state index in [1.807, 2.05) is 0 Å². The van der Waals surface area contributed by atoms with Crippen LogP contribution in [0.15, 0.2) is 40.9 Å². The predicted molar refractivity (Wildman–Crippen MR) is 76.0 cm³/mol. The Morgan fingerprint density at radius 1 is 1.00 bits per heavy atom. The average Bonchev–Trinajstić information content (AvgIpc) is 2.38. The normalized spacial score (nSPS) is 12.4. The van der Waals surface area contributed by atoms with Crippen molar-refractivity contribution in [1.82, 2.24) is 5.32 Å². The summed E-state index contributed by atoms with van der Waals surface area (Å²) in [5, 5.41) is 2.99. The molecule has 0 amide bonds. The van der Waals surface area contributed by atoms with E-state index >= 15 is 0 Å². The molecule has 0 saturated heterocycles. The summed E-state index contributed by atoms with van der Waals surface area (Å²) < 4.78 is 40.6. The van der Waals surface area contributed by atoms with E-state index in [0.29, 0.717) is 12.0 Å². The zero-order valence-corrected chi connectivity index (χ0v) is 12.3. The molecule has 106 valence electrons. The Morgan fingerprint density at radius 2 is 1.65 bits per heavy atom. The van der Waals surface area contributed by atoms with Crippen molar-refractivity contribution in [3.8, 4) is 0 Å². The molecule has 1 N–H and O–H groups in total. The predicted octanol–water partition coefficient (Wildman–Crippen LogP) is 4.37. The van der Waals surface area contributed by atoms with Crippen molar-refractivity contribution < 1.29 is 13.2 Å². The maximum atomic E-state index is 13.3. The van der Waals surface area contributed by atoms with Crippen LogP contribution in [-0.2, 0) is 6.42 Å². The zero-order chi connectivity index (χ0) is 14.7. The first-order chi connectivity index (χ1) is 9.49. The molecule has 0 saturated carbocycles. The van der Waals surface area contributed by atoms with Crippen LogP contribution in [0.1, 0.15) is 17.2 Å². The third kappa shape index (κ3) is 3.61. The minimum Gasteiger partial charge on any atom is -0.313 e. The Balaban J connectivity index is 2.30. The lowest BCUT2D eigenvalue weighted by Gasteiger charge is -2.18. The molecule has 0 heterocycles. The highest BCUT2D eigenvalue weighted by Crippen LogP contribution is 2.25. The quantitative estimate of drug-likeness (QED) is 0.869. The third-order valence-corrected chi connectivity index (χ3v) is 3.84. The standard InChI is InChI=1S/C15H13BrF3N/c1-20-15(10-5-12(18)8-13(19)6-10)7-9-4-11(17)2-3-14(9)16/h2-6,8,15,20H,7H2,1H3. The van der Waals surface area contributed by atoms with Crippen LogP contribution in [0, 0.1) is 17.5 Å². The fourth-order valence-corrected chi connectivity index (χ4v) is 2.49. The van der Waals surface area contributed by atoms with Gasteiger partial charge in [-0.15, -0.1) is 0 Å². The van der Waals surface area contributed by atoms with E-state index in [2.05, 4.69) is 21.2 Å². The molecular formula is C15H13BrF3N. The highest BCUT2D eigenvalue weighted by molar-refractivity contribution is 9.10. The molecule has 2 aromatic carbocycles. The van der Waals surface area contributed by atoms with Crippen LogP contribution < -0.4 is 5.32 Å². The van der Waals surface area contributed by atoms with Gasteiger partial charge in [-0.25, -0.2) is 13.2 Å². The molecule has 5 heteroatoms. The molecule has 0 radical (unpaired) electrons. The lowest BCUT2D eigenvalue weighted by Crippen LogP contribution is -2.19. The highest BCUT2D eigenvalue weighted by atomic mass is 79.9. The SMILES string of the molecule is CNC(Cc1cc(F)ccc1Br)c1cc(F)cc(F)c1. The van der Waals surface area contributed by atoms with Crippen LogP contribution in [0.3, 0.4) is 0 Å². The maximum absolute atomic E-state index is 13.3. The van der Waals surface area contributed by atoms with Crippen molar-refractivity contribution in [2.24, 2.45) is 0 Å². The lowest BCUT2D eigenvalue weighted by atomic mass is 9.98. The number of halogens is 4. The topological polar surface area (TPSA) is 12.0 Å². The monoisotopic (exact) mass is 343 g/mol. The Kier molecular flexibility index (Phi) is 4.83. The summed E-state index contributed by atoms with van der Waals surface area (Å²) in [7, 11) is 1.70. The number of rotatable bonds is 4. The number of hydrogen-bond donors (Lipinski definition) is 1. The van der Waals surface area contributed by atoms with E-state index in [-0.39, 0.29) is 11.9 Å². The number of nitrogens with one attached hydrogen (secondary N) is 1. The fourth-order valence-electron chi connectivity index (χ4n) is 2.08. The van der Waals surface area contributed by atoms with Gasteiger partial charge >= 0.3 is 0 Å². The summed E-state index contributed by atoms with van der Waals surface area (Å²) in [5.74, 6) is -1.60. The van der Waals surface area contributed by atoms with Gasteiger partial charge in [-0.05, 0) is 54.9 Å². The second-order valence-corrected chi connectivity index (χ2v) is 5.34. The van der Waals surface area contributed by atoms with Gasteiger partial charge in [0, 0.05) is 16.6 Å². The van der Waals surface area contributed by atoms with Gasteiger partial charge in [-0.2, -0.15) is 0 Å². The first-order valence-electron chi connectivity index (χ1n) is 6.07. The fraction of sp³-hybridized carbons (Fsp3) is 0.200. The van der Waals surface area contributed by atoms with Crippen molar-refractivity contribution in [1.29, 1.82) is 0 Å². The summed E-state index contributed by atoms with van der Waals surface area (Å²) in [5.41, 5.74) is 1.22. The van der Waals surface area contributed by atoms with Crippen molar-refractivity contribution in [3.05, 3.63) is 69.4 Å². The molecule has 0 aliphatic rings. The smallest absolute Gasteiger partial charge is 0.126 e. The molecule has 0 spiro atoms. The second kappa shape index (κ2) is 6.41. The molecule has 20 heavy (non-hydrogen) atoms. The first-order valence-corrected chi connectivity index (χ1v) is 6.86. The van der Waals surface area contributed by atoms with E-state index < -0.39 is 11.6 Å². The van der Waals surface area contributed by atoms with E-state index in [4.69, 9.17) is 0 Å². The highest BCUT2D eigenvalue weighted by Gasteiger charge is 2.14. The van der Waals surface area contributed by atoms with Gasteiger partial charge in [0.1, 0.15) is 17.5 Å². The third-order valence-electron chi connectivity index (χ3n) is 3.07. The Bertz CT molecular complexity index is 596. The van der Waals surface area contributed by atoms with Crippen molar-refractivity contribution in [3.63, 3.8) is 0 Å². The van der Waals surface area contributed by atoms with Gasteiger partial charge < -0.3 is 5.32 Å². The molecule has 1 atom stereocenters. The van der Waals surface area contributed by atoms with Gasteiger partial charge in [0.25, 0.3) is 0 Å². The Labute approximate surface area is 123 Å². The van der Waals surface area contributed by atoms with Gasteiger partial charge in [0.05, 0.1) is 0 Å². The van der Waals surface area contributed by atoms with Crippen molar-refractivity contribution in [2.45, 2.75) is 12.5 Å². The van der Waals surface area contributed by atoms with Crippen LogP contribution in [0.25, 0.3) is 0 Å². The molecule has 0 bridgehead atoms. The van der Waals surface area contributed by atoms with Crippen LogP contribution in [0.4, 0.5) is 13.2 Å². The minimum absolute atomic E-state index is 0.307. The number of hydrogen-bond acceptors (Lipinski definition) is 1. The lowest BCUT2D eigenvalue weighted by molar-refractivity contribution is 0.549. The summed E-state index contributed by atoms with van der Waals surface area (Å²) in [4.78, 5) is 0. The molecule has 1 nitrogen and oxygen atoms in total. The second-order valence-electron chi connectivity index (χ2n) is 4.48. The summed E-state index contributed by atoms with van der Waals surface area (Å²) >= 11 is 3.35. The van der Waals surface area contributed by atoms with E-state index in [9.17, 15) is 13.2 Å². The number of likely N-dealkylation sites (N-methyl/N-ethyl adjacent to an activating group) is 1. The van der Waals surface area contributed by atoms with E-state index in [0.717, 1.165) is 16.1 Å². The van der Waals surface area contributed by atoms with Crippen molar-refractivity contribution >= 4 is 15.9 Å². The average molecular weight is 344 g/mol. The van der Waals surface area contributed by atoms with Gasteiger partial charge in [0.2, 0.25) is 0 Å². The summed E-state index contributed by atoms with van der Waals surface area (Å²) in [6, 6.07) is 7.44.